The molecular formula is C22H20F9O2P. The number of benzene rings is 2. The maximum atomic E-state index is 14.4. The Bertz CT molecular complexity index is 1110. The van der Waals surface area contributed by atoms with E-state index in [1.807, 2.05) is 0 Å². The van der Waals surface area contributed by atoms with E-state index in [2.05, 4.69) is 0 Å². The van der Waals surface area contributed by atoms with Crippen LogP contribution in [0.25, 0.3) is 0 Å². The number of hydrogen-bond donors (Lipinski definition) is 0. The van der Waals surface area contributed by atoms with Crippen molar-refractivity contribution in [2.24, 2.45) is 0 Å². The molecule has 1 atom stereocenters. The zero-order valence-electron chi connectivity index (χ0n) is 17.9. The molecule has 2 aromatic carbocycles. The third-order valence-corrected chi connectivity index (χ3v) is 11.9. The standard InChI is InChI=1S/C22H20F9O2P/c1-3-4-13-34(16-11-7-5-9-14(16)18(2,32-34)20(23,24)25)17-12-8-6-10-15(17)19(33-34,21(26,27)28)22(29,30)31/h5-12H,3-4,13H2,1-2H3/t18-/m0/s1. The fraction of sp³-hybridized carbons (Fsp3) is 0.455. The van der Waals surface area contributed by atoms with Gasteiger partial charge in [0.25, 0.3) is 0 Å². The Morgan fingerprint density at radius 2 is 1.18 bits per heavy atom. The molecule has 0 saturated heterocycles. The Balaban J connectivity index is 2.22. The van der Waals surface area contributed by atoms with Crippen molar-refractivity contribution in [2.75, 3.05) is 6.16 Å². The molecule has 2 heterocycles. The van der Waals surface area contributed by atoms with Crippen LogP contribution in [-0.2, 0) is 20.2 Å². The molecule has 0 unspecified atom stereocenters. The van der Waals surface area contributed by atoms with Gasteiger partial charge in [-0.25, -0.2) is 0 Å². The van der Waals surface area contributed by atoms with Crippen LogP contribution >= 0.6 is 7.06 Å². The average Bonchev–Trinajstić information content (AvgIpc) is 3.14. The van der Waals surface area contributed by atoms with E-state index in [0.717, 1.165) is 24.3 Å². The number of rotatable bonds is 3. The predicted octanol–water partition coefficient (Wildman–Crippen LogP) is 6.98. The van der Waals surface area contributed by atoms with Crippen molar-refractivity contribution in [3.63, 3.8) is 0 Å². The fourth-order valence-electron chi connectivity index (χ4n) is 5.11. The zero-order chi connectivity index (χ0) is 25.4. The van der Waals surface area contributed by atoms with E-state index in [1.165, 1.54) is 18.2 Å². The van der Waals surface area contributed by atoms with E-state index < -0.39 is 64.7 Å². The summed E-state index contributed by atoms with van der Waals surface area (Å²) < 4.78 is 141. The monoisotopic (exact) mass is 518 g/mol. The van der Waals surface area contributed by atoms with Crippen LogP contribution in [0.15, 0.2) is 48.5 Å². The van der Waals surface area contributed by atoms with Gasteiger partial charge >= 0.3 is 188 Å². The first kappa shape index (κ1) is 25.3. The molecule has 2 aromatic rings. The van der Waals surface area contributed by atoms with E-state index in [9.17, 15) is 39.5 Å². The third-order valence-electron chi connectivity index (χ3n) is 6.64. The zero-order valence-corrected chi connectivity index (χ0v) is 18.8. The second kappa shape index (κ2) is 7.11. The third kappa shape index (κ3) is 2.83. The summed E-state index contributed by atoms with van der Waals surface area (Å²) in [4.78, 5) is 0. The number of hydrogen-bond acceptors (Lipinski definition) is 2. The van der Waals surface area contributed by atoms with E-state index in [-0.39, 0.29) is 12.8 Å². The van der Waals surface area contributed by atoms with Gasteiger partial charge in [-0.1, -0.05) is 0 Å². The van der Waals surface area contributed by atoms with Crippen molar-refractivity contribution in [1.82, 2.24) is 0 Å². The van der Waals surface area contributed by atoms with Crippen molar-refractivity contribution in [1.29, 1.82) is 0 Å². The summed E-state index contributed by atoms with van der Waals surface area (Å²) in [5, 5.41) is -1.01. The Kier molecular flexibility index (Phi) is 5.28. The van der Waals surface area contributed by atoms with Gasteiger partial charge in [0.05, 0.1) is 0 Å². The molecule has 0 aromatic heterocycles. The predicted molar refractivity (Wildman–Crippen MR) is 108 cm³/mol. The van der Waals surface area contributed by atoms with E-state index in [4.69, 9.17) is 9.05 Å². The summed E-state index contributed by atoms with van der Waals surface area (Å²) in [6, 6.07) is 8.34. The van der Waals surface area contributed by atoms with Crippen LogP contribution in [0.3, 0.4) is 0 Å². The molecule has 2 aliphatic heterocycles. The number of halogens is 9. The molecule has 0 saturated carbocycles. The van der Waals surface area contributed by atoms with Crippen LogP contribution in [0.2, 0.25) is 0 Å². The molecule has 2 nitrogen and oxygen atoms in total. The number of fused-ring (bicyclic) bond motifs is 4. The molecule has 0 amide bonds. The van der Waals surface area contributed by atoms with Crippen LogP contribution in [0.5, 0.6) is 0 Å². The normalized spacial score (nSPS) is 26.0. The molecule has 0 aliphatic carbocycles. The van der Waals surface area contributed by atoms with Crippen LogP contribution in [0.4, 0.5) is 39.5 Å². The molecule has 34 heavy (non-hydrogen) atoms. The molecule has 188 valence electrons. The summed E-state index contributed by atoms with van der Waals surface area (Å²) in [6.45, 7) is 2.23. The Hall–Kier alpha value is -1.84. The van der Waals surface area contributed by atoms with Gasteiger partial charge in [0.2, 0.25) is 0 Å². The van der Waals surface area contributed by atoms with Crippen molar-refractivity contribution < 1.29 is 48.6 Å². The number of unbranched alkanes of at least 4 members (excludes halogenated alkanes) is 1. The van der Waals surface area contributed by atoms with Gasteiger partial charge in [-0.2, -0.15) is 0 Å². The summed E-state index contributed by atoms with van der Waals surface area (Å²) in [5.41, 5.74) is -9.88. The SMILES string of the molecule is CCCCP12(OC(C(F)(F)F)(C(F)(F)F)c3ccccc31)O[C@](C)(C(F)(F)F)c1ccccc12. The van der Waals surface area contributed by atoms with Crippen LogP contribution in [0.1, 0.15) is 37.8 Å². The minimum absolute atomic E-state index is 0.0276. The van der Waals surface area contributed by atoms with Gasteiger partial charge in [-0.05, 0) is 0 Å². The van der Waals surface area contributed by atoms with Gasteiger partial charge < -0.3 is 0 Å². The van der Waals surface area contributed by atoms with E-state index >= 15 is 0 Å². The first-order valence-corrected chi connectivity index (χ1v) is 12.6. The Morgan fingerprint density at radius 1 is 0.706 bits per heavy atom. The molecule has 2 aliphatic rings. The molecule has 0 radical (unpaired) electrons. The summed E-state index contributed by atoms with van der Waals surface area (Å²) in [5.74, 6) is 0. The Labute approximate surface area is 189 Å². The fourth-order valence-corrected chi connectivity index (χ4v) is 11.5. The Morgan fingerprint density at radius 3 is 1.65 bits per heavy atom. The minimum atomic E-state index is -6.04. The summed E-state index contributed by atoms with van der Waals surface area (Å²) >= 11 is 0. The van der Waals surface area contributed by atoms with Gasteiger partial charge in [0.1, 0.15) is 0 Å². The van der Waals surface area contributed by atoms with Crippen molar-refractivity contribution in [2.45, 2.75) is 56.4 Å². The maximum absolute atomic E-state index is 14.4. The molecule has 0 fully saturated rings. The van der Waals surface area contributed by atoms with Crippen LogP contribution < -0.4 is 10.6 Å². The van der Waals surface area contributed by atoms with Crippen LogP contribution in [-0.4, -0.2) is 24.7 Å². The van der Waals surface area contributed by atoms with Gasteiger partial charge in [-0.3, -0.25) is 0 Å². The van der Waals surface area contributed by atoms with Gasteiger partial charge in [0, 0.05) is 0 Å². The van der Waals surface area contributed by atoms with Crippen molar-refractivity contribution >= 4 is 17.7 Å². The molecular weight excluding hydrogens is 498 g/mol. The van der Waals surface area contributed by atoms with Crippen LogP contribution in [0, 0.1) is 0 Å². The summed E-state index contributed by atoms with van der Waals surface area (Å²) in [6.07, 6.45) is -17.6. The second-order valence-corrected chi connectivity index (χ2v) is 12.7. The second-order valence-electron chi connectivity index (χ2n) is 8.63. The van der Waals surface area contributed by atoms with Crippen molar-refractivity contribution in [3.8, 4) is 0 Å². The molecule has 12 heteroatoms. The average molecular weight is 518 g/mol. The van der Waals surface area contributed by atoms with Gasteiger partial charge in [0.15, 0.2) is 0 Å². The first-order valence-electron chi connectivity index (χ1n) is 10.3. The molecule has 0 N–H and O–H groups in total. The molecule has 4 rings (SSSR count). The topological polar surface area (TPSA) is 18.5 Å². The van der Waals surface area contributed by atoms with E-state index in [0.29, 0.717) is 13.0 Å². The molecule has 0 bridgehead atoms. The van der Waals surface area contributed by atoms with Gasteiger partial charge in [-0.15, -0.1) is 0 Å². The number of alkyl halides is 9. The quantitative estimate of drug-likeness (QED) is 0.323. The summed E-state index contributed by atoms with van der Waals surface area (Å²) in [7, 11) is -5.67. The van der Waals surface area contributed by atoms with Crippen molar-refractivity contribution in [3.05, 3.63) is 59.7 Å². The first-order chi connectivity index (χ1) is 15.5. The van der Waals surface area contributed by atoms with E-state index in [1.54, 1.807) is 6.92 Å². The molecule has 1 spiro atoms.